The number of aryl methyl sites for hydroxylation is 1. The lowest BCUT2D eigenvalue weighted by Gasteiger charge is -2.35. The number of likely N-dealkylation sites (N-methyl/N-ethyl adjacent to an activating group) is 1. The molecular formula is C28H45N5O6S. The van der Waals surface area contributed by atoms with Gasteiger partial charge in [-0.05, 0) is 51.3 Å². The van der Waals surface area contributed by atoms with Crippen LogP contribution in [0.15, 0.2) is 35.7 Å². The van der Waals surface area contributed by atoms with Crippen LogP contribution in [0.2, 0.25) is 0 Å². The van der Waals surface area contributed by atoms with Crippen LogP contribution in [0.1, 0.15) is 50.4 Å². The topological polar surface area (TPSA) is 117 Å². The highest BCUT2D eigenvalue weighted by Gasteiger charge is 2.33. The number of anilines is 1. The van der Waals surface area contributed by atoms with E-state index in [4.69, 9.17) is 9.47 Å². The van der Waals surface area contributed by atoms with E-state index in [-0.39, 0.29) is 42.7 Å². The second-order valence-corrected chi connectivity index (χ2v) is 13.0. The number of hydrogen-bond acceptors (Lipinski definition) is 8. The summed E-state index contributed by atoms with van der Waals surface area (Å²) < 4.78 is 41.8. The van der Waals surface area contributed by atoms with Crippen molar-refractivity contribution in [3.63, 3.8) is 0 Å². The first-order valence-corrected chi connectivity index (χ1v) is 15.2. The molecule has 0 unspecified atom stereocenters. The summed E-state index contributed by atoms with van der Waals surface area (Å²) in [5, 5.41) is 10.1. The van der Waals surface area contributed by atoms with Crippen LogP contribution < -0.4 is 9.64 Å². The number of ether oxygens (including phenoxy) is 2. The van der Waals surface area contributed by atoms with Gasteiger partial charge in [0.2, 0.25) is 0 Å². The molecule has 0 bridgehead atoms. The number of rotatable bonds is 7. The summed E-state index contributed by atoms with van der Waals surface area (Å²) in [6.45, 7) is 6.29. The average Bonchev–Trinajstić information content (AvgIpc) is 3.36. The molecule has 40 heavy (non-hydrogen) atoms. The first-order chi connectivity index (χ1) is 18.8. The molecule has 0 radical (unpaired) electrons. The van der Waals surface area contributed by atoms with E-state index in [2.05, 4.69) is 4.98 Å². The number of sulfonamides is 1. The standard InChI is InChI=1S/C28H45N5O6S/c1-20-15-33(21(2)18-34)28(35)24-14-23(30(4)5)11-12-25(24)39-22(3)10-8-9-13-38-26(20)16-32(7)40(36,37)27-17-31(6)19-29-27/h11-12,14,17,19-22,26,34H,8-10,13,15-16,18H2,1-7H3/t20-,21+,22+,26-/m1/s1. The Morgan fingerprint density at radius 1 is 1.20 bits per heavy atom. The lowest BCUT2D eigenvalue weighted by atomic mass is 10.0. The summed E-state index contributed by atoms with van der Waals surface area (Å²) in [6, 6.07) is 5.09. The van der Waals surface area contributed by atoms with Crippen LogP contribution in [0.3, 0.4) is 0 Å². The van der Waals surface area contributed by atoms with Crippen LogP contribution in [0.5, 0.6) is 5.75 Å². The number of carbonyl (C=O) groups is 1. The highest BCUT2D eigenvalue weighted by atomic mass is 32.2. The van der Waals surface area contributed by atoms with E-state index < -0.39 is 22.2 Å². The van der Waals surface area contributed by atoms with Gasteiger partial charge < -0.3 is 28.9 Å². The molecule has 2 heterocycles. The van der Waals surface area contributed by atoms with Gasteiger partial charge in [0.25, 0.3) is 15.9 Å². The molecule has 0 saturated carbocycles. The summed E-state index contributed by atoms with van der Waals surface area (Å²) in [6.07, 6.45) is 4.73. The Labute approximate surface area is 238 Å². The highest BCUT2D eigenvalue weighted by Crippen LogP contribution is 2.29. The summed E-state index contributed by atoms with van der Waals surface area (Å²) >= 11 is 0. The normalized spacial score (nSPS) is 22.4. The molecule has 0 fully saturated rings. The zero-order valence-electron chi connectivity index (χ0n) is 24.8. The van der Waals surface area contributed by atoms with Crippen molar-refractivity contribution in [1.82, 2.24) is 18.8 Å². The second kappa shape index (κ2) is 13.8. The fraction of sp³-hybridized carbons (Fsp3) is 0.643. The van der Waals surface area contributed by atoms with Crippen LogP contribution in [0, 0.1) is 5.92 Å². The molecule has 0 saturated heterocycles. The van der Waals surface area contributed by atoms with Gasteiger partial charge in [-0.15, -0.1) is 0 Å². The third-order valence-electron chi connectivity index (χ3n) is 7.34. The fourth-order valence-corrected chi connectivity index (χ4v) is 5.83. The minimum atomic E-state index is -3.83. The van der Waals surface area contributed by atoms with Gasteiger partial charge in [-0.1, -0.05) is 6.92 Å². The molecule has 3 rings (SSSR count). The van der Waals surface area contributed by atoms with Gasteiger partial charge in [-0.2, -0.15) is 4.31 Å². The van der Waals surface area contributed by atoms with Crippen molar-refractivity contribution in [1.29, 1.82) is 0 Å². The number of amides is 1. The Morgan fingerprint density at radius 2 is 1.93 bits per heavy atom. The first-order valence-electron chi connectivity index (χ1n) is 13.8. The molecule has 224 valence electrons. The monoisotopic (exact) mass is 579 g/mol. The Morgan fingerprint density at radius 3 is 2.55 bits per heavy atom. The zero-order valence-corrected chi connectivity index (χ0v) is 25.6. The van der Waals surface area contributed by atoms with Crippen LogP contribution in [-0.4, -0.2) is 104 Å². The Kier molecular flexibility index (Phi) is 11.0. The minimum absolute atomic E-state index is 0.0287. The van der Waals surface area contributed by atoms with E-state index in [1.54, 1.807) is 23.4 Å². The Bertz CT molecular complexity index is 1230. The smallest absolute Gasteiger partial charge is 0.261 e. The van der Waals surface area contributed by atoms with Crippen molar-refractivity contribution in [2.75, 3.05) is 52.3 Å². The number of imidazole rings is 1. The maximum Gasteiger partial charge on any atom is 0.261 e. The van der Waals surface area contributed by atoms with Crippen LogP contribution in [0.4, 0.5) is 5.69 Å². The molecule has 1 aliphatic rings. The van der Waals surface area contributed by atoms with Crippen molar-refractivity contribution >= 4 is 21.6 Å². The van der Waals surface area contributed by atoms with E-state index in [9.17, 15) is 18.3 Å². The van der Waals surface area contributed by atoms with Gasteiger partial charge in [0.05, 0.1) is 36.7 Å². The van der Waals surface area contributed by atoms with Crippen molar-refractivity contribution in [3.8, 4) is 5.75 Å². The quantitative estimate of drug-likeness (QED) is 0.532. The molecule has 2 aromatic rings. The number of aromatic nitrogens is 2. The van der Waals surface area contributed by atoms with Crippen LogP contribution in [0.25, 0.3) is 0 Å². The minimum Gasteiger partial charge on any atom is -0.490 e. The predicted molar refractivity (Wildman–Crippen MR) is 154 cm³/mol. The number of benzene rings is 1. The van der Waals surface area contributed by atoms with Gasteiger partial charge in [0.1, 0.15) is 5.75 Å². The predicted octanol–water partition coefficient (Wildman–Crippen LogP) is 2.60. The zero-order chi connectivity index (χ0) is 29.6. The van der Waals surface area contributed by atoms with Crippen LogP contribution >= 0.6 is 0 Å². The lowest BCUT2D eigenvalue weighted by molar-refractivity contribution is -0.00835. The van der Waals surface area contributed by atoms with Crippen molar-refractivity contribution in [3.05, 3.63) is 36.3 Å². The van der Waals surface area contributed by atoms with E-state index >= 15 is 0 Å². The number of aliphatic hydroxyl groups is 1. The van der Waals surface area contributed by atoms with Gasteiger partial charge in [-0.3, -0.25) is 4.79 Å². The summed E-state index contributed by atoms with van der Waals surface area (Å²) in [5.74, 6) is 0.00380. The van der Waals surface area contributed by atoms with Gasteiger partial charge in [0.15, 0.2) is 5.03 Å². The third-order valence-corrected chi connectivity index (χ3v) is 9.05. The SMILES string of the molecule is C[C@@H]1CN([C@@H](C)CO)C(=O)c2cc(N(C)C)ccc2O[C@@H](C)CCCCO[C@@H]1CN(C)S(=O)(=O)c1cn(C)cn1. The highest BCUT2D eigenvalue weighted by molar-refractivity contribution is 7.89. The van der Waals surface area contributed by atoms with Crippen molar-refractivity contribution in [2.24, 2.45) is 13.0 Å². The maximum absolute atomic E-state index is 14.1. The summed E-state index contributed by atoms with van der Waals surface area (Å²) in [5.41, 5.74) is 1.28. The molecule has 0 spiro atoms. The Balaban J connectivity index is 1.96. The van der Waals surface area contributed by atoms with Gasteiger partial charge in [-0.25, -0.2) is 13.4 Å². The number of hydrogen-bond donors (Lipinski definition) is 1. The summed E-state index contributed by atoms with van der Waals surface area (Å²) in [4.78, 5) is 21.6. The summed E-state index contributed by atoms with van der Waals surface area (Å²) in [7, 11) is 3.22. The largest absolute Gasteiger partial charge is 0.490 e. The molecule has 4 atom stereocenters. The van der Waals surface area contributed by atoms with E-state index in [0.717, 1.165) is 24.9 Å². The van der Waals surface area contributed by atoms with Gasteiger partial charge >= 0.3 is 0 Å². The molecule has 1 N–H and O–H groups in total. The molecule has 1 aromatic heterocycles. The average molecular weight is 580 g/mol. The number of carbonyl (C=O) groups excluding carboxylic acids is 1. The molecule has 1 aliphatic heterocycles. The molecule has 0 aliphatic carbocycles. The Hall–Kier alpha value is -2.67. The molecular weight excluding hydrogens is 534 g/mol. The van der Waals surface area contributed by atoms with E-state index in [1.807, 2.05) is 51.0 Å². The number of fused-ring (bicyclic) bond motifs is 1. The van der Waals surface area contributed by atoms with Crippen molar-refractivity contribution in [2.45, 2.75) is 63.3 Å². The molecule has 11 nitrogen and oxygen atoms in total. The molecule has 12 heteroatoms. The second-order valence-electron chi connectivity index (χ2n) is 11.0. The molecule has 1 amide bonds. The lowest BCUT2D eigenvalue weighted by Crippen LogP contribution is -2.48. The van der Waals surface area contributed by atoms with E-state index in [1.165, 1.54) is 23.9 Å². The van der Waals surface area contributed by atoms with Crippen molar-refractivity contribution < 1.29 is 27.8 Å². The van der Waals surface area contributed by atoms with Crippen LogP contribution in [-0.2, 0) is 21.8 Å². The van der Waals surface area contributed by atoms with E-state index in [0.29, 0.717) is 17.9 Å². The first kappa shape index (κ1) is 31.9. The number of nitrogens with zero attached hydrogens (tertiary/aromatic N) is 5. The number of aliphatic hydroxyl groups excluding tert-OH is 1. The molecule has 1 aromatic carbocycles. The van der Waals surface area contributed by atoms with Gasteiger partial charge in [0, 0.05) is 65.7 Å². The third kappa shape index (κ3) is 7.74. The maximum atomic E-state index is 14.1. The fourth-order valence-electron chi connectivity index (χ4n) is 4.68.